The molecule has 0 saturated carbocycles. The maximum atomic E-state index is 12.2. The van der Waals surface area contributed by atoms with Crippen molar-refractivity contribution in [1.29, 1.82) is 0 Å². The SMILES string of the molecule is CCCNC(=O)C1COCCN1c1cccc(C(N)=S)n1. The van der Waals surface area contributed by atoms with Gasteiger partial charge in [0.05, 0.1) is 18.9 Å². The van der Waals surface area contributed by atoms with Gasteiger partial charge in [0.2, 0.25) is 5.91 Å². The number of thiocarbonyl (C=S) groups is 1. The molecule has 1 atom stereocenters. The highest BCUT2D eigenvalue weighted by atomic mass is 32.1. The van der Waals surface area contributed by atoms with Gasteiger partial charge in [-0.3, -0.25) is 4.79 Å². The topological polar surface area (TPSA) is 80.5 Å². The molecule has 1 saturated heterocycles. The van der Waals surface area contributed by atoms with Crippen molar-refractivity contribution in [3.05, 3.63) is 23.9 Å². The largest absolute Gasteiger partial charge is 0.388 e. The Balaban J connectivity index is 2.20. The first-order valence-electron chi connectivity index (χ1n) is 7.02. The summed E-state index contributed by atoms with van der Waals surface area (Å²) in [6, 6.07) is 5.08. The molecule has 3 N–H and O–H groups in total. The van der Waals surface area contributed by atoms with Crippen LogP contribution in [0.25, 0.3) is 0 Å². The van der Waals surface area contributed by atoms with E-state index in [1.807, 2.05) is 24.0 Å². The summed E-state index contributed by atoms with van der Waals surface area (Å²) in [6.07, 6.45) is 0.897. The fourth-order valence-electron chi connectivity index (χ4n) is 2.18. The van der Waals surface area contributed by atoms with Crippen LogP contribution in [-0.2, 0) is 9.53 Å². The molecule has 1 aliphatic rings. The third-order valence-corrected chi connectivity index (χ3v) is 3.47. The van der Waals surface area contributed by atoms with E-state index in [4.69, 9.17) is 22.7 Å². The van der Waals surface area contributed by atoms with Gasteiger partial charge in [-0.25, -0.2) is 4.98 Å². The van der Waals surface area contributed by atoms with Crippen molar-refractivity contribution in [1.82, 2.24) is 10.3 Å². The molecule has 6 nitrogen and oxygen atoms in total. The molecule has 1 unspecified atom stereocenters. The molecule has 2 rings (SSSR count). The fourth-order valence-corrected chi connectivity index (χ4v) is 2.30. The van der Waals surface area contributed by atoms with E-state index in [9.17, 15) is 4.79 Å². The number of rotatable bonds is 5. The molecule has 0 bridgehead atoms. The molecule has 21 heavy (non-hydrogen) atoms. The monoisotopic (exact) mass is 308 g/mol. The van der Waals surface area contributed by atoms with Crippen LogP contribution in [0.1, 0.15) is 19.0 Å². The second-order valence-corrected chi connectivity index (χ2v) is 5.26. The molecule has 1 fully saturated rings. The lowest BCUT2D eigenvalue weighted by Crippen LogP contribution is -2.54. The minimum Gasteiger partial charge on any atom is -0.388 e. The third-order valence-electron chi connectivity index (χ3n) is 3.26. The first kappa shape index (κ1) is 15.7. The number of nitrogens with two attached hydrogens (primary N) is 1. The number of amides is 1. The Morgan fingerprint density at radius 2 is 2.43 bits per heavy atom. The van der Waals surface area contributed by atoms with Crippen molar-refractivity contribution in [3.63, 3.8) is 0 Å². The van der Waals surface area contributed by atoms with Gasteiger partial charge in [0, 0.05) is 13.1 Å². The van der Waals surface area contributed by atoms with E-state index in [2.05, 4.69) is 10.3 Å². The number of hydrogen-bond donors (Lipinski definition) is 2. The number of aromatic nitrogens is 1. The highest BCUT2D eigenvalue weighted by Gasteiger charge is 2.30. The van der Waals surface area contributed by atoms with Crippen molar-refractivity contribution in [2.75, 3.05) is 31.2 Å². The highest BCUT2D eigenvalue weighted by Crippen LogP contribution is 2.18. The van der Waals surface area contributed by atoms with Crippen LogP contribution in [0.15, 0.2) is 18.2 Å². The number of anilines is 1. The van der Waals surface area contributed by atoms with E-state index in [1.165, 1.54) is 0 Å². The second-order valence-electron chi connectivity index (χ2n) is 4.82. The van der Waals surface area contributed by atoms with E-state index in [-0.39, 0.29) is 16.9 Å². The maximum Gasteiger partial charge on any atom is 0.245 e. The van der Waals surface area contributed by atoms with Gasteiger partial charge >= 0.3 is 0 Å². The summed E-state index contributed by atoms with van der Waals surface area (Å²) in [5.74, 6) is 0.652. The number of pyridine rings is 1. The van der Waals surface area contributed by atoms with Gasteiger partial charge in [-0.1, -0.05) is 25.2 Å². The van der Waals surface area contributed by atoms with Crippen molar-refractivity contribution in [3.8, 4) is 0 Å². The number of nitrogens with zero attached hydrogens (tertiary/aromatic N) is 2. The zero-order chi connectivity index (χ0) is 15.2. The lowest BCUT2D eigenvalue weighted by Gasteiger charge is -2.35. The quantitative estimate of drug-likeness (QED) is 0.769. The van der Waals surface area contributed by atoms with Gasteiger partial charge in [0.1, 0.15) is 16.8 Å². The molecule has 1 aromatic heterocycles. The summed E-state index contributed by atoms with van der Waals surface area (Å²) in [7, 11) is 0. The van der Waals surface area contributed by atoms with Crippen LogP contribution in [0.5, 0.6) is 0 Å². The predicted octanol–water partition coefficient (Wildman–Crippen LogP) is 0.447. The van der Waals surface area contributed by atoms with Crippen LogP contribution in [-0.4, -0.2) is 48.2 Å². The summed E-state index contributed by atoms with van der Waals surface area (Å²) >= 11 is 4.95. The lowest BCUT2D eigenvalue weighted by molar-refractivity contribution is -0.124. The Bertz CT molecular complexity index is 523. The van der Waals surface area contributed by atoms with E-state index < -0.39 is 0 Å². The summed E-state index contributed by atoms with van der Waals surface area (Å²) in [5.41, 5.74) is 6.18. The molecule has 0 aromatic carbocycles. The number of carbonyl (C=O) groups is 1. The number of nitrogens with one attached hydrogen (secondary N) is 1. The lowest BCUT2D eigenvalue weighted by atomic mass is 10.2. The molecule has 0 aliphatic carbocycles. The molecule has 0 radical (unpaired) electrons. The summed E-state index contributed by atoms with van der Waals surface area (Å²) in [4.78, 5) is 18.9. The molecule has 1 amide bonds. The summed E-state index contributed by atoms with van der Waals surface area (Å²) < 4.78 is 5.43. The number of ether oxygens (including phenoxy) is 1. The third kappa shape index (κ3) is 3.89. The zero-order valence-electron chi connectivity index (χ0n) is 12.0. The molecule has 7 heteroatoms. The standard InChI is InChI=1S/C14H20N4O2S/c1-2-6-16-14(19)11-9-20-8-7-18(11)12-5-3-4-10(17-12)13(15)21/h3-5,11H,2,6-9H2,1H3,(H2,15,21)(H,16,19). The molecule has 2 heterocycles. The summed E-state index contributed by atoms with van der Waals surface area (Å²) in [6.45, 7) is 4.20. The molecular weight excluding hydrogens is 288 g/mol. The van der Waals surface area contributed by atoms with Crippen molar-refractivity contribution < 1.29 is 9.53 Å². The van der Waals surface area contributed by atoms with E-state index in [0.29, 0.717) is 37.8 Å². The smallest absolute Gasteiger partial charge is 0.245 e. The van der Waals surface area contributed by atoms with Gasteiger partial charge in [-0.15, -0.1) is 0 Å². The van der Waals surface area contributed by atoms with Crippen molar-refractivity contribution >= 4 is 28.9 Å². The molecule has 1 aromatic rings. The fraction of sp³-hybridized carbons (Fsp3) is 0.500. The van der Waals surface area contributed by atoms with Crippen LogP contribution in [0.4, 0.5) is 5.82 Å². The first-order chi connectivity index (χ1) is 10.1. The number of hydrogen-bond acceptors (Lipinski definition) is 5. The average molecular weight is 308 g/mol. The van der Waals surface area contributed by atoms with Crippen LogP contribution in [0, 0.1) is 0 Å². The first-order valence-corrected chi connectivity index (χ1v) is 7.43. The normalized spacial score (nSPS) is 18.3. The Morgan fingerprint density at radius 1 is 1.62 bits per heavy atom. The van der Waals surface area contributed by atoms with E-state index in [0.717, 1.165) is 6.42 Å². The van der Waals surface area contributed by atoms with Crippen LogP contribution >= 0.6 is 12.2 Å². The highest BCUT2D eigenvalue weighted by molar-refractivity contribution is 7.80. The van der Waals surface area contributed by atoms with Gasteiger partial charge in [0.25, 0.3) is 0 Å². The molecular formula is C14H20N4O2S. The molecule has 0 spiro atoms. The van der Waals surface area contributed by atoms with Crippen LogP contribution < -0.4 is 16.0 Å². The Kier molecular flexibility index (Phi) is 5.46. The van der Waals surface area contributed by atoms with E-state index >= 15 is 0 Å². The van der Waals surface area contributed by atoms with Crippen molar-refractivity contribution in [2.45, 2.75) is 19.4 Å². The number of carbonyl (C=O) groups excluding carboxylic acids is 1. The maximum absolute atomic E-state index is 12.2. The van der Waals surface area contributed by atoms with Crippen LogP contribution in [0.3, 0.4) is 0 Å². The van der Waals surface area contributed by atoms with E-state index in [1.54, 1.807) is 6.07 Å². The second kappa shape index (κ2) is 7.33. The zero-order valence-corrected chi connectivity index (χ0v) is 12.9. The van der Waals surface area contributed by atoms with Gasteiger partial charge in [-0.2, -0.15) is 0 Å². The minimum absolute atomic E-state index is 0.0425. The summed E-state index contributed by atoms with van der Waals surface area (Å²) in [5, 5.41) is 2.90. The Morgan fingerprint density at radius 3 is 3.14 bits per heavy atom. The van der Waals surface area contributed by atoms with Gasteiger partial charge in [0.15, 0.2) is 0 Å². The van der Waals surface area contributed by atoms with Gasteiger partial charge in [-0.05, 0) is 18.6 Å². The van der Waals surface area contributed by atoms with Crippen LogP contribution in [0.2, 0.25) is 0 Å². The predicted molar refractivity (Wildman–Crippen MR) is 85.4 cm³/mol. The molecule has 114 valence electrons. The Labute approximate surface area is 129 Å². The number of morpholine rings is 1. The molecule has 1 aliphatic heterocycles. The Hall–Kier alpha value is -1.73. The van der Waals surface area contributed by atoms with Gasteiger partial charge < -0.3 is 20.7 Å². The van der Waals surface area contributed by atoms with Crippen molar-refractivity contribution in [2.24, 2.45) is 5.73 Å². The minimum atomic E-state index is -0.376. The average Bonchev–Trinajstić information content (AvgIpc) is 2.52.